The molecule has 0 heterocycles. The Hall–Kier alpha value is 0.182. The van der Waals surface area contributed by atoms with Gasteiger partial charge in [-0.15, -0.1) is 0 Å². The third-order valence-electron chi connectivity index (χ3n) is 2.66. The molecule has 0 aromatic heterocycles. The van der Waals surface area contributed by atoms with Crippen LogP contribution in [0, 0.1) is 0 Å². The summed E-state index contributed by atoms with van der Waals surface area (Å²) in [6, 6.07) is 0. The summed E-state index contributed by atoms with van der Waals surface area (Å²) in [5.41, 5.74) is 0. The van der Waals surface area contributed by atoms with Crippen molar-refractivity contribution in [2.45, 2.75) is 58.2 Å². The van der Waals surface area contributed by atoms with E-state index in [1.807, 2.05) is 20.8 Å². The van der Waals surface area contributed by atoms with Gasteiger partial charge in [-0.25, -0.2) is 0 Å². The third kappa shape index (κ3) is 6.06. The van der Waals surface area contributed by atoms with E-state index in [9.17, 15) is 18.0 Å². The topological polar surface area (TPSA) is 26.3 Å². The van der Waals surface area contributed by atoms with Crippen LogP contribution in [0.25, 0.3) is 0 Å². The van der Waals surface area contributed by atoms with E-state index in [4.69, 9.17) is 2.69 Å². The normalized spacial score (nSPS) is 12.6. The van der Waals surface area contributed by atoms with Crippen LogP contribution in [0.2, 0.25) is 11.9 Å². The molecule has 0 aromatic rings. The van der Waals surface area contributed by atoms with E-state index in [0.29, 0.717) is 11.9 Å². The minimum absolute atomic E-state index is 0.705. The fourth-order valence-electron chi connectivity index (χ4n) is 2.15. The van der Waals surface area contributed by atoms with Gasteiger partial charge < -0.3 is 0 Å². The molecule has 0 radical (unpaired) electrons. The Labute approximate surface area is 106 Å². The summed E-state index contributed by atoms with van der Waals surface area (Å²) < 4.78 is 43.9. The molecule has 0 aliphatic heterocycles. The van der Waals surface area contributed by atoms with E-state index in [1.165, 1.54) is 0 Å². The van der Waals surface area contributed by atoms with Crippen molar-refractivity contribution in [2.75, 3.05) is 0 Å². The number of rotatable bonds is 7. The van der Waals surface area contributed by atoms with Gasteiger partial charge in [-0.2, -0.15) is 0 Å². The molecule has 17 heavy (non-hydrogen) atoms. The Bertz CT molecular complexity index is 224. The molecule has 0 atom stereocenters. The zero-order valence-electron chi connectivity index (χ0n) is 10.7. The van der Waals surface area contributed by atoms with Crippen molar-refractivity contribution in [3.05, 3.63) is 0 Å². The van der Waals surface area contributed by atoms with Gasteiger partial charge in [-0.3, -0.25) is 0 Å². The molecule has 0 saturated heterocycles. The molecular formula is C11H21F3O2Pb. The van der Waals surface area contributed by atoms with Crippen LogP contribution in [0.1, 0.15) is 40.0 Å². The van der Waals surface area contributed by atoms with Crippen molar-refractivity contribution in [2.24, 2.45) is 0 Å². The van der Waals surface area contributed by atoms with Crippen molar-refractivity contribution < 1.29 is 20.7 Å². The first-order valence-electron chi connectivity index (χ1n) is 6.11. The van der Waals surface area contributed by atoms with Crippen molar-refractivity contribution >= 4 is 27.6 Å². The molecule has 0 unspecified atom stereocenters. The molecule has 102 valence electrons. The van der Waals surface area contributed by atoms with Crippen LogP contribution in [-0.4, -0.2) is 33.8 Å². The Morgan fingerprint density at radius 2 is 1.35 bits per heavy atom. The molecule has 0 spiro atoms. The quantitative estimate of drug-likeness (QED) is 0.543. The molecule has 0 saturated carbocycles. The molecule has 0 bridgehead atoms. The number of hydrogen-bond acceptors (Lipinski definition) is 2. The fourth-order valence-corrected chi connectivity index (χ4v) is 18.9. The van der Waals surface area contributed by atoms with Crippen LogP contribution in [0.15, 0.2) is 0 Å². The average Bonchev–Trinajstić information content (AvgIpc) is 2.17. The van der Waals surface area contributed by atoms with Crippen LogP contribution in [0.4, 0.5) is 13.2 Å². The summed E-state index contributed by atoms with van der Waals surface area (Å²) >= 11 is -3.50. The molecule has 2 nitrogen and oxygen atoms in total. The molecular weight excluding hydrogens is 428 g/mol. The second-order valence-corrected chi connectivity index (χ2v) is 20.1. The van der Waals surface area contributed by atoms with Gasteiger partial charge in [-0.05, 0) is 0 Å². The summed E-state index contributed by atoms with van der Waals surface area (Å²) in [7, 11) is 0. The van der Waals surface area contributed by atoms with Gasteiger partial charge in [0.15, 0.2) is 0 Å². The predicted molar refractivity (Wildman–Crippen MR) is 63.2 cm³/mol. The molecule has 0 aliphatic rings. The number of carbonyl (C=O) groups excluding carboxylic acids is 1. The van der Waals surface area contributed by atoms with Gasteiger partial charge in [0.05, 0.1) is 0 Å². The summed E-state index contributed by atoms with van der Waals surface area (Å²) in [5, 5.41) is 0. The van der Waals surface area contributed by atoms with Crippen molar-refractivity contribution in [3.63, 3.8) is 0 Å². The Morgan fingerprint density at radius 1 is 1.00 bits per heavy atom. The zero-order valence-corrected chi connectivity index (χ0v) is 14.6. The first kappa shape index (κ1) is 17.2. The number of hydrogen-bond donors (Lipinski definition) is 0. The monoisotopic (exact) mass is 450 g/mol. The fraction of sp³-hybridized carbons (Fsp3) is 0.909. The Balaban J connectivity index is 4.82. The second-order valence-electron chi connectivity index (χ2n) is 4.32. The Kier molecular flexibility index (Phi) is 7.66. The number of halogens is 3. The maximum atomic E-state index is 12.3. The van der Waals surface area contributed by atoms with Gasteiger partial charge in [-0.1, -0.05) is 0 Å². The van der Waals surface area contributed by atoms with Crippen molar-refractivity contribution in [1.29, 1.82) is 0 Å². The standard InChI is InChI=1S/3C3H7.C2HF3O2.Pb/c3*1-3-2;3-2(4,5)1(6)7;/h3*1,3H2,2H3;(H,6,7);/q;;;;+1/p-1. The first-order valence-corrected chi connectivity index (χ1v) is 15.9. The Morgan fingerprint density at radius 3 is 1.59 bits per heavy atom. The molecule has 0 aliphatic carbocycles. The molecule has 0 rings (SSSR count). The van der Waals surface area contributed by atoms with Gasteiger partial charge in [0.25, 0.3) is 0 Å². The zero-order chi connectivity index (χ0) is 13.5. The SMILES string of the molecule is CC[CH2][Pb]([CH2]CC)([CH2]CC)[O]C(=O)C(F)(F)F. The third-order valence-corrected chi connectivity index (χ3v) is 21.5. The molecule has 6 heteroatoms. The van der Waals surface area contributed by atoms with E-state index in [0.717, 1.165) is 19.3 Å². The number of alkyl halides is 3. The van der Waals surface area contributed by atoms with E-state index in [1.54, 1.807) is 0 Å². The van der Waals surface area contributed by atoms with Crippen molar-refractivity contribution in [3.8, 4) is 0 Å². The van der Waals surface area contributed by atoms with Crippen LogP contribution in [-0.2, 0) is 7.48 Å². The van der Waals surface area contributed by atoms with Gasteiger partial charge >= 0.3 is 106 Å². The molecule has 0 fully saturated rings. The van der Waals surface area contributed by atoms with E-state index < -0.39 is 33.8 Å². The van der Waals surface area contributed by atoms with Gasteiger partial charge in [0.2, 0.25) is 0 Å². The average molecular weight is 449 g/mol. The number of carbonyl (C=O) groups is 1. The summed E-state index contributed by atoms with van der Waals surface area (Å²) in [6.07, 6.45) is -2.45. The minimum atomic E-state index is -4.85. The molecule has 0 amide bonds. The van der Waals surface area contributed by atoms with E-state index in [2.05, 4.69) is 0 Å². The van der Waals surface area contributed by atoms with Crippen LogP contribution in [0.3, 0.4) is 0 Å². The van der Waals surface area contributed by atoms with Crippen molar-refractivity contribution in [1.82, 2.24) is 0 Å². The van der Waals surface area contributed by atoms with E-state index in [-0.39, 0.29) is 0 Å². The van der Waals surface area contributed by atoms with Crippen LogP contribution < -0.4 is 0 Å². The van der Waals surface area contributed by atoms with E-state index >= 15 is 0 Å². The maximum absolute atomic E-state index is 12.3. The molecule has 0 aromatic carbocycles. The van der Waals surface area contributed by atoms with Gasteiger partial charge in [0, 0.05) is 0 Å². The second kappa shape index (κ2) is 7.58. The van der Waals surface area contributed by atoms with Crippen LogP contribution >= 0.6 is 0 Å². The summed E-state index contributed by atoms with van der Waals surface area (Å²) in [6.45, 7) is 5.80. The molecule has 0 N–H and O–H groups in total. The first-order chi connectivity index (χ1) is 7.81. The predicted octanol–water partition coefficient (Wildman–Crippen LogP) is 4.27. The van der Waals surface area contributed by atoms with Gasteiger partial charge in [0.1, 0.15) is 0 Å². The van der Waals surface area contributed by atoms with Crippen LogP contribution in [0.5, 0.6) is 0 Å². The summed E-state index contributed by atoms with van der Waals surface area (Å²) in [4.78, 5) is 11.0. The summed E-state index contributed by atoms with van der Waals surface area (Å²) in [5.74, 6) is -1.96.